The molecule has 1 fully saturated rings. The van der Waals surface area contributed by atoms with Crippen molar-refractivity contribution in [3.63, 3.8) is 0 Å². The second kappa shape index (κ2) is 9.76. The average Bonchev–Trinajstić information content (AvgIpc) is 2.74. The molecule has 1 saturated heterocycles. The second-order valence-corrected chi connectivity index (χ2v) is 8.07. The fraction of sp³-hybridized carbons (Fsp3) is 0.333. The number of carbonyl (C=O) groups excluding carboxylic acids is 1. The van der Waals surface area contributed by atoms with E-state index in [4.69, 9.17) is 0 Å². The van der Waals surface area contributed by atoms with Gasteiger partial charge in [0.2, 0.25) is 5.91 Å². The molecule has 1 heterocycles. The highest BCUT2D eigenvalue weighted by molar-refractivity contribution is 9.10. The smallest absolute Gasteiger partial charge is 0.269 e. The molecule has 0 atom stereocenters. The van der Waals surface area contributed by atoms with E-state index in [0.29, 0.717) is 5.71 Å². The number of amides is 1. The SMILES string of the molecule is C/C(=N/NC(=O)C1CCN(Cc2ccc(Br)cc2)CC1)c1ccc([N+](=O)[O-])cc1. The van der Waals surface area contributed by atoms with E-state index in [9.17, 15) is 14.9 Å². The maximum atomic E-state index is 12.4. The van der Waals surface area contributed by atoms with Crippen LogP contribution in [0.4, 0.5) is 5.69 Å². The minimum atomic E-state index is -0.443. The summed E-state index contributed by atoms with van der Waals surface area (Å²) in [7, 11) is 0. The van der Waals surface area contributed by atoms with Crippen molar-refractivity contribution in [1.29, 1.82) is 0 Å². The van der Waals surface area contributed by atoms with Crippen LogP contribution in [0.15, 0.2) is 58.1 Å². The van der Waals surface area contributed by atoms with Gasteiger partial charge in [-0.2, -0.15) is 5.10 Å². The third kappa shape index (κ3) is 5.95. The molecule has 29 heavy (non-hydrogen) atoms. The summed E-state index contributed by atoms with van der Waals surface area (Å²) in [5.74, 6) is -0.126. The molecule has 1 aliphatic heterocycles. The van der Waals surface area contributed by atoms with E-state index < -0.39 is 4.92 Å². The summed E-state index contributed by atoms with van der Waals surface area (Å²) in [6.07, 6.45) is 1.60. The summed E-state index contributed by atoms with van der Waals surface area (Å²) in [4.78, 5) is 25.1. The Hall–Kier alpha value is -2.58. The number of benzene rings is 2. The van der Waals surface area contributed by atoms with Gasteiger partial charge in [-0.15, -0.1) is 0 Å². The Morgan fingerprint density at radius 1 is 1.17 bits per heavy atom. The number of hydrazone groups is 1. The van der Waals surface area contributed by atoms with Gasteiger partial charge >= 0.3 is 0 Å². The predicted molar refractivity (Wildman–Crippen MR) is 116 cm³/mol. The van der Waals surface area contributed by atoms with Crippen LogP contribution < -0.4 is 5.43 Å². The van der Waals surface area contributed by atoms with Crippen molar-refractivity contribution in [2.75, 3.05) is 13.1 Å². The van der Waals surface area contributed by atoms with Gasteiger partial charge < -0.3 is 0 Å². The van der Waals surface area contributed by atoms with E-state index in [-0.39, 0.29) is 17.5 Å². The highest BCUT2D eigenvalue weighted by atomic mass is 79.9. The summed E-state index contributed by atoms with van der Waals surface area (Å²) in [5.41, 5.74) is 5.29. The predicted octanol–water partition coefficient (Wildman–Crippen LogP) is 4.11. The molecule has 2 aromatic rings. The Morgan fingerprint density at radius 2 is 1.79 bits per heavy atom. The quantitative estimate of drug-likeness (QED) is 0.400. The molecular formula is C21H23BrN4O3. The number of non-ortho nitro benzene ring substituents is 1. The largest absolute Gasteiger partial charge is 0.299 e. The molecule has 0 aromatic heterocycles. The first-order valence-electron chi connectivity index (χ1n) is 9.48. The summed E-state index contributed by atoms with van der Waals surface area (Å²) < 4.78 is 1.07. The van der Waals surface area contributed by atoms with E-state index in [1.165, 1.54) is 17.7 Å². The van der Waals surface area contributed by atoms with E-state index in [1.54, 1.807) is 19.1 Å². The normalized spacial score (nSPS) is 15.9. The number of hydrogen-bond acceptors (Lipinski definition) is 5. The van der Waals surface area contributed by atoms with Gasteiger partial charge in [0, 0.05) is 29.1 Å². The number of nitrogens with one attached hydrogen (secondary N) is 1. The minimum Gasteiger partial charge on any atom is -0.299 e. The maximum absolute atomic E-state index is 12.4. The number of nitrogens with zero attached hydrogens (tertiary/aromatic N) is 3. The molecule has 0 spiro atoms. The molecule has 2 aromatic carbocycles. The van der Waals surface area contributed by atoms with Crippen LogP contribution in [0, 0.1) is 16.0 Å². The lowest BCUT2D eigenvalue weighted by atomic mass is 9.96. The van der Waals surface area contributed by atoms with Crippen LogP contribution in [-0.4, -0.2) is 34.5 Å². The van der Waals surface area contributed by atoms with Crippen molar-refractivity contribution < 1.29 is 9.72 Å². The molecule has 0 aliphatic carbocycles. The lowest BCUT2D eigenvalue weighted by Crippen LogP contribution is -2.39. The van der Waals surface area contributed by atoms with Crippen LogP contribution in [0.25, 0.3) is 0 Å². The topological polar surface area (TPSA) is 87.8 Å². The van der Waals surface area contributed by atoms with Crippen LogP contribution in [0.1, 0.15) is 30.9 Å². The first-order chi connectivity index (χ1) is 13.9. The monoisotopic (exact) mass is 458 g/mol. The van der Waals surface area contributed by atoms with Crippen molar-refractivity contribution in [2.24, 2.45) is 11.0 Å². The van der Waals surface area contributed by atoms with Gasteiger partial charge in [-0.3, -0.25) is 19.8 Å². The van der Waals surface area contributed by atoms with Gasteiger partial charge in [-0.05, 0) is 68.2 Å². The zero-order chi connectivity index (χ0) is 20.8. The van der Waals surface area contributed by atoms with E-state index in [1.807, 2.05) is 12.1 Å². The number of halogens is 1. The van der Waals surface area contributed by atoms with Gasteiger partial charge in [0.05, 0.1) is 10.6 Å². The Balaban J connectivity index is 1.48. The number of likely N-dealkylation sites (tertiary alicyclic amines) is 1. The van der Waals surface area contributed by atoms with Gasteiger partial charge in [0.1, 0.15) is 0 Å². The molecule has 0 bridgehead atoms. The van der Waals surface area contributed by atoms with Crippen LogP contribution >= 0.6 is 15.9 Å². The van der Waals surface area contributed by atoms with Crippen LogP contribution in [-0.2, 0) is 11.3 Å². The number of rotatable bonds is 6. The van der Waals surface area contributed by atoms with Gasteiger partial charge in [-0.1, -0.05) is 28.1 Å². The zero-order valence-corrected chi connectivity index (χ0v) is 17.8. The van der Waals surface area contributed by atoms with Crippen molar-refractivity contribution in [3.05, 3.63) is 74.2 Å². The van der Waals surface area contributed by atoms with Crippen molar-refractivity contribution in [3.8, 4) is 0 Å². The number of hydrogen-bond donors (Lipinski definition) is 1. The van der Waals surface area contributed by atoms with E-state index >= 15 is 0 Å². The summed E-state index contributed by atoms with van der Waals surface area (Å²) in [6.45, 7) is 4.40. The third-order valence-electron chi connectivity index (χ3n) is 5.11. The Bertz CT molecular complexity index is 889. The van der Waals surface area contributed by atoms with Crippen LogP contribution in [0.2, 0.25) is 0 Å². The number of carbonyl (C=O) groups is 1. The second-order valence-electron chi connectivity index (χ2n) is 7.15. The molecule has 0 radical (unpaired) electrons. The average molecular weight is 459 g/mol. The molecule has 152 valence electrons. The lowest BCUT2D eigenvalue weighted by molar-refractivity contribution is -0.384. The maximum Gasteiger partial charge on any atom is 0.269 e. The molecule has 0 saturated carbocycles. The third-order valence-corrected chi connectivity index (χ3v) is 5.64. The lowest BCUT2D eigenvalue weighted by Gasteiger charge is -2.30. The molecule has 3 rings (SSSR count). The standard InChI is InChI=1S/C21H23BrN4O3/c1-15(17-4-8-20(9-5-17)26(28)29)23-24-21(27)18-10-12-25(13-11-18)14-16-2-6-19(22)7-3-16/h2-9,18H,10-14H2,1H3,(H,24,27)/b23-15-. The molecule has 1 aliphatic rings. The minimum absolute atomic E-state index is 0.0282. The van der Waals surface area contributed by atoms with Crippen molar-refractivity contribution >= 4 is 33.2 Å². The van der Waals surface area contributed by atoms with E-state index in [2.05, 4.69) is 43.5 Å². The highest BCUT2D eigenvalue weighted by Gasteiger charge is 2.24. The number of nitro groups is 1. The Labute approximate surface area is 178 Å². The molecule has 1 amide bonds. The molecule has 7 nitrogen and oxygen atoms in total. The first-order valence-corrected chi connectivity index (χ1v) is 10.3. The molecular weight excluding hydrogens is 436 g/mol. The Kier molecular flexibility index (Phi) is 7.11. The Morgan fingerprint density at radius 3 is 2.38 bits per heavy atom. The number of piperidine rings is 1. The van der Waals surface area contributed by atoms with Gasteiger partial charge in [0.15, 0.2) is 0 Å². The molecule has 1 N–H and O–H groups in total. The molecule has 0 unspecified atom stereocenters. The van der Waals surface area contributed by atoms with Crippen LogP contribution in [0.5, 0.6) is 0 Å². The van der Waals surface area contributed by atoms with Gasteiger partial charge in [-0.25, -0.2) is 5.43 Å². The summed E-state index contributed by atoms with van der Waals surface area (Å²) in [6, 6.07) is 14.4. The van der Waals surface area contributed by atoms with Crippen LogP contribution in [0.3, 0.4) is 0 Å². The number of nitro benzene ring substituents is 1. The highest BCUT2D eigenvalue weighted by Crippen LogP contribution is 2.20. The van der Waals surface area contributed by atoms with Gasteiger partial charge in [0.25, 0.3) is 5.69 Å². The summed E-state index contributed by atoms with van der Waals surface area (Å²) >= 11 is 3.45. The fourth-order valence-corrected chi connectivity index (χ4v) is 3.58. The zero-order valence-electron chi connectivity index (χ0n) is 16.2. The van der Waals surface area contributed by atoms with E-state index in [0.717, 1.165) is 42.5 Å². The van der Waals surface area contributed by atoms with Crippen molar-refractivity contribution in [2.45, 2.75) is 26.3 Å². The summed E-state index contributed by atoms with van der Waals surface area (Å²) in [5, 5.41) is 14.9. The first kappa shape index (κ1) is 21.1. The molecule has 8 heteroatoms. The van der Waals surface area contributed by atoms with Crippen molar-refractivity contribution in [1.82, 2.24) is 10.3 Å². The fourth-order valence-electron chi connectivity index (χ4n) is 3.32.